The van der Waals surface area contributed by atoms with Crippen LogP contribution in [-0.2, 0) is 4.84 Å². The fraction of sp³-hybridized carbons (Fsp3) is 0.833. The fourth-order valence-electron chi connectivity index (χ4n) is 1.02. The Bertz CT molecular complexity index is 137. The second-order valence-corrected chi connectivity index (χ2v) is 2.55. The van der Waals surface area contributed by atoms with Gasteiger partial charge in [-0.05, 0) is 19.8 Å². The van der Waals surface area contributed by atoms with E-state index < -0.39 is 0 Å². The first-order chi connectivity index (χ1) is 4.70. The number of rotatable bonds is 0. The highest BCUT2D eigenvalue weighted by Crippen LogP contribution is 2.11. The zero-order valence-electron chi connectivity index (χ0n) is 6.13. The summed E-state index contributed by atoms with van der Waals surface area (Å²) < 4.78 is 0. The summed E-state index contributed by atoms with van der Waals surface area (Å²) in [7, 11) is 0. The summed E-state index contributed by atoms with van der Waals surface area (Å²) in [5, 5.41) is 8.50. The molecule has 1 unspecified atom stereocenters. The Morgan fingerprint density at radius 3 is 2.90 bits per heavy atom. The molecule has 3 N–H and O–H groups in total. The van der Waals surface area contributed by atoms with Crippen molar-refractivity contribution in [1.29, 1.82) is 5.41 Å². The molecule has 0 spiro atoms. The van der Waals surface area contributed by atoms with E-state index >= 15 is 0 Å². The molecule has 0 aliphatic carbocycles. The molecule has 4 heteroatoms. The van der Waals surface area contributed by atoms with Gasteiger partial charge < -0.3 is 5.73 Å². The highest BCUT2D eigenvalue weighted by atomic mass is 16.7. The first-order valence-corrected chi connectivity index (χ1v) is 3.48. The molecule has 1 atom stereocenters. The van der Waals surface area contributed by atoms with Crippen LogP contribution in [-0.4, -0.2) is 23.7 Å². The van der Waals surface area contributed by atoms with Gasteiger partial charge in [0.1, 0.15) is 0 Å². The van der Waals surface area contributed by atoms with Crippen molar-refractivity contribution in [2.45, 2.75) is 25.9 Å². The molecule has 0 aromatic heterocycles. The lowest BCUT2D eigenvalue weighted by Crippen LogP contribution is -2.42. The zero-order chi connectivity index (χ0) is 7.56. The van der Waals surface area contributed by atoms with E-state index in [0.29, 0.717) is 0 Å². The van der Waals surface area contributed by atoms with Gasteiger partial charge in [-0.25, -0.2) is 5.06 Å². The lowest BCUT2D eigenvalue weighted by Gasteiger charge is -2.30. The molecular formula is C6H13N3O. The molecule has 0 aromatic carbocycles. The molecule has 58 valence electrons. The molecule has 0 radical (unpaired) electrons. The first-order valence-electron chi connectivity index (χ1n) is 3.48. The van der Waals surface area contributed by atoms with Crippen LogP contribution in [0.3, 0.4) is 0 Å². The van der Waals surface area contributed by atoms with Crippen LogP contribution in [0.15, 0.2) is 0 Å². The minimum absolute atomic E-state index is 0.00606. The maximum Gasteiger partial charge on any atom is 0.212 e. The topological polar surface area (TPSA) is 62.3 Å². The smallest absolute Gasteiger partial charge is 0.212 e. The van der Waals surface area contributed by atoms with E-state index in [1.807, 2.05) is 6.92 Å². The van der Waals surface area contributed by atoms with E-state index in [9.17, 15) is 0 Å². The maximum absolute atomic E-state index is 7.06. The number of nitrogens with one attached hydrogen (secondary N) is 1. The van der Waals surface area contributed by atoms with E-state index in [-0.39, 0.29) is 12.1 Å². The molecule has 1 saturated heterocycles. The second-order valence-electron chi connectivity index (χ2n) is 2.55. The van der Waals surface area contributed by atoms with Crippen molar-refractivity contribution in [2.75, 3.05) is 6.54 Å². The van der Waals surface area contributed by atoms with Crippen LogP contribution in [0.4, 0.5) is 0 Å². The van der Waals surface area contributed by atoms with Crippen LogP contribution in [0.25, 0.3) is 0 Å². The number of nitrogens with two attached hydrogens (primary N) is 1. The Labute approximate surface area is 60.4 Å². The number of hydrogen-bond donors (Lipinski definition) is 2. The molecule has 4 nitrogen and oxygen atoms in total. The van der Waals surface area contributed by atoms with Gasteiger partial charge in [0.05, 0.1) is 6.10 Å². The predicted octanol–water partition coefficient (Wildman–Crippen LogP) is 0.296. The molecule has 1 rings (SSSR count). The maximum atomic E-state index is 7.06. The highest BCUT2D eigenvalue weighted by molar-refractivity contribution is 5.73. The van der Waals surface area contributed by atoms with E-state index in [1.165, 1.54) is 5.06 Å². The van der Waals surface area contributed by atoms with Gasteiger partial charge in [0.2, 0.25) is 5.96 Å². The van der Waals surface area contributed by atoms with Gasteiger partial charge >= 0.3 is 0 Å². The van der Waals surface area contributed by atoms with E-state index in [4.69, 9.17) is 16.0 Å². The second kappa shape index (κ2) is 2.88. The summed E-state index contributed by atoms with van der Waals surface area (Å²) in [6.07, 6.45) is 2.32. The van der Waals surface area contributed by atoms with Crippen molar-refractivity contribution < 1.29 is 4.84 Å². The fourth-order valence-corrected chi connectivity index (χ4v) is 1.02. The first kappa shape index (κ1) is 7.34. The molecule has 1 aliphatic rings. The van der Waals surface area contributed by atoms with Gasteiger partial charge in [0, 0.05) is 6.54 Å². The largest absolute Gasteiger partial charge is 0.368 e. The Balaban J connectivity index is 2.39. The van der Waals surface area contributed by atoms with Crippen molar-refractivity contribution >= 4 is 5.96 Å². The molecule has 10 heavy (non-hydrogen) atoms. The predicted molar refractivity (Wildman–Crippen MR) is 38.4 cm³/mol. The number of guanidine groups is 1. The number of hydrogen-bond acceptors (Lipinski definition) is 2. The average Bonchev–Trinajstić information content (AvgIpc) is 1.88. The standard InChI is InChI=1S/C6H13N3O/c1-5-3-2-4-9(10-5)6(7)8/h5H,2-4H2,1H3,(H3,7,8). The third-order valence-corrected chi connectivity index (χ3v) is 1.55. The van der Waals surface area contributed by atoms with Crippen molar-refractivity contribution in [3.63, 3.8) is 0 Å². The van der Waals surface area contributed by atoms with E-state index in [0.717, 1.165) is 19.4 Å². The summed E-state index contributed by atoms with van der Waals surface area (Å²) in [5.41, 5.74) is 5.21. The van der Waals surface area contributed by atoms with Crippen LogP contribution in [0, 0.1) is 5.41 Å². The monoisotopic (exact) mass is 143 g/mol. The summed E-state index contributed by atoms with van der Waals surface area (Å²) in [5.74, 6) is 0.00606. The minimum atomic E-state index is 0.00606. The van der Waals surface area contributed by atoms with E-state index in [2.05, 4.69) is 0 Å². The van der Waals surface area contributed by atoms with Crippen LogP contribution >= 0.6 is 0 Å². The average molecular weight is 143 g/mol. The van der Waals surface area contributed by atoms with Crippen LogP contribution < -0.4 is 5.73 Å². The van der Waals surface area contributed by atoms with Gasteiger partial charge in [-0.15, -0.1) is 0 Å². The Kier molecular flexibility index (Phi) is 2.11. The molecule has 1 aliphatic heterocycles. The summed E-state index contributed by atoms with van der Waals surface area (Å²) in [6, 6.07) is 0. The van der Waals surface area contributed by atoms with Gasteiger partial charge in [-0.3, -0.25) is 10.2 Å². The molecule has 0 saturated carbocycles. The quantitative estimate of drug-likeness (QED) is 0.378. The van der Waals surface area contributed by atoms with Gasteiger partial charge in [0.25, 0.3) is 0 Å². The van der Waals surface area contributed by atoms with Crippen LogP contribution in [0.1, 0.15) is 19.8 Å². The Hall–Kier alpha value is -0.770. The van der Waals surface area contributed by atoms with Crippen molar-refractivity contribution in [1.82, 2.24) is 5.06 Å². The van der Waals surface area contributed by atoms with Gasteiger partial charge in [-0.1, -0.05) is 0 Å². The van der Waals surface area contributed by atoms with Crippen LogP contribution in [0.5, 0.6) is 0 Å². The number of nitrogens with zero attached hydrogens (tertiary/aromatic N) is 1. The van der Waals surface area contributed by atoms with Gasteiger partial charge in [0.15, 0.2) is 0 Å². The Morgan fingerprint density at radius 1 is 1.80 bits per heavy atom. The molecule has 0 amide bonds. The third-order valence-electron chi connectivity index (χ3n) is 1.55. The SMILES string of the molecule is CC1CCCN(C(=N)N)O1. The van der Waals surface area contributed by atoms with E-state index in [1.54, 1.807) is 0 Å². The Morgan fingerprint density at radius 2 is 2.50 bits per heavy atom. The van der Waals surface area contributed by atoms with Gasteiger partial charge in [-0.2, -0.15) is 0 Å². The highest BCUT2D eigenvalue weighted by Gasteiger charge is 2.17. The lowest BCUT2D eigenvalue weighted by molar-refractivity contribution is -0.167. The van der Waals surface area contributed by atoms with Crippen molar-refractivity contribution in [3.05, 3.63) is 0 Å². The lowest BCUT2D eigenvalue weighted by atomic mass is 10.2. The molecular weight excluding hydrogens is 130 g/mol. The normalized spacial score (nSPS) is 26.5. The summed E-state index contributed by atoms with van der Waals surface area (Å²) in [4.78, 5) is 5.23. The third kappa shape index (κ3) is 1.60. The summed E-state index contributed by atoms with van der Waals surface area (Å²) in [6.45, 7) is 2.73. The number of hydroxylamine groups is 2. The molecule has 1 heterocycles. The zero-order valence-corrected chi connectivity index (χ0v) is 6.13. The minimum Gasteiger partial charge on any atom is -0.368 e. The van der Waals surface area contributed by atoms with Crippen LogP contribution in [0.2, 0.25) is 0 Å². The molecule has 0 aromatic rings. The summed E-state index contributed by atoms with van der Waals surface area (Å²) >= 11 is 0. The molecule has 1 fully saturated rings. The molecule has 0 bridgehead atoms. The van der Waals surface area contributed by atoms with Crippen molar-refractivity contribution in [2.24, 2.45) is 5.73 Å². The van der Waals surface area contributed by atoms with Crippen molar-refractivity contribution in [3.8, 4) is 0 Å².